The van der Waals surface area contributed by atoms with Crippen molar-refractivity contribution in [3.05, 3.63) is 28.7 Å². The molecule has 0 radical (unpaired) electrons. The van der Waals surface area contributed by atoms with Crippen molar-refractivity contribution in [3.8, 4) is 0 Å². The van der Waals surface area contributed by atoms with Gasteiger partial charge in [-0.15, -0.1) is 0 Å². The first-order chi connectivity index (χ1) is 7.97. The Bertz CT molecular complexity index is 362. The molecule has 0 saturated carbocycles. The van der Waals surface area contributed by atoms with Gasteiger partial charge >= 0.3 is 6.03 Å². The Morgan fingerprint density at radius 1 is 1.24 bits per heavy atom. The molecule has 0 spiro atoms. The van der Waals surface area contributed by atoms with Crippen LogP contribution in [-0.2, 0) is 0 Å². The lowest BCUT2D eigenvalue weighted by atomic mass is 10.1. The molecule has 0 saturated heterocycles. The van der Waals surface area contributed by atoms with E-state index in [2.05, 4.69) is 40.4 Å². The number of hydrogen-bond donors (Lipinski definition) is 2. The molecule has 0 aromatic heterocycles. The van der Waals surface area contributed by atoms with Crippen LogP contribution < -0.4 is 10.6 Å². The largest absolute Gasteiger partial charge is 0.335 e. The number of hydrogen-bond acceptors (Lipinski definition) is 1. The Morgan fingerprint density at radius 2 is 1.82 bits per heavy atom. The zero-order valence-corrected chi connectivity index (χ0v) is 12.0. The van der Waals surface area contributed by atoms with E-state index in [-0.39, 0.29) is 12.1 Å². The van der Waals surface area contributed by atoms with Gasteiger partial charge in [0.25, 0.3) is 0 Å². The minimum Gasteiger partial charge on any atom is -0.335 e. The maximum Gasteiger partial charge on any atom is 0.319 e. The van der Waals surface area contributed by atoms with Gasteiger partial charge in [-0.2, -0.15) is 0 Å². The highest BCUT2D eigenvalue weighted by atomic mass is 79.9. The van der Waals surface area contributed by atoms with Crippen molar-refractivity contribution in [1.82, 2.24) is 5.32 Å². The zero-order valence-electron chi connectivity index (χ0n) is 10.5. The van der Waals surface area contributed by atoms with Crippen LogP contribution in [0.25, 0.3) is 0 Å². The minimum absolute atomic E-state index is 0.152. The molecule has 2 amide bonds. The average molecular weight is 299 g/mol. The van der Waals surface area contributed by atoms with Crippen molar-refractivity contribution in [2.75, 3.05) is 5.32 Å². The van der Waals surface area contributed by atoms with Gasteiger partial charge in [0.05, 0.1) is 0 Å². The molecule has 0 bridgehead atoms. The smallest absolute Gasteiger partial charge is 0.319 e. The van der Waals surface area contributed by atoms with Gasteiger partial charge in [-0.3, -0.25) is 0 Å². The summed E-state index contributed by atoms with van der Waals surface area (Å²) in [5.41, 5.74) is 0.794. The van der Waals surface area contributed by atoms with Gasteiger partial charge in [0, 0.05) is 16.2 Å². The molecule has 1 aromatic rings. The molecule has 0 aliphatic heterocycles. The summed E-state index contributed by atoms with van der Waals surface area (Å²) >= 11 is 3.35. The van der Waals surface area contributed by atoms with Crippen molar-refractivity contribution in [1.29, 1.82) is 0 Å². The molecule has 17 heavy (non-hydrogen) atoms. The first-order valence-corrected chi connectivity index (χ1v) is 6.59. The molecule has 1 unspecified atom stereocenters. The van der Waals surface area contributed by atoms with Crippen LogP contribution in [0.15, 0.2) is 28.7 Å². The number of nitrogens with one attached hydrogen (secondary N) is 2. The quantitative estimate of drug-likeness (QED) is 0.866. The van der Waals surface area contributed by atoms with Crippen LogP contribution in [-0.4, -0.2) is 12.1 Å². The molecule has 94 valence electrons. The number of amides is 2. The van der Waals surface area contributed by atoms with E-state index in [0.717, 1.165) is 16.6 Å². The van der Waals surface area contributed by atoms with Crippen LogP contribution in [0.1, 0.15) is 27.2 Å². The Morgan fingerprint density at radius 3 is 2.35 bits per heavy atom. The van der Waals surface area contributed by atoms with Gasteiger partial charge in [0.1, 0.15) is 0 Å². The molecule has 1 aromatic carbocycles. The maximum absolute atomic E-state index is 11.7. The van der Waals surface area contributed by atoms with Crippen molar-refractivity contribution in [3.63, 3.8) is 0 Å². The monoisotopic (exact) mass is 298 g/mol. The standard InChI is InChI=1S/C13H19BrN2O/c1-9(2)8-10(3)15-13(17)16-12-6-4-11(14)5-7-12/h4-7,9-10H,8H2,1-3H3,(H2,15,16,17). The van der Waals surface area contributed by atoms with Crippen molar-refractivity contribution in [2.45, 2.75) is 33.2 Å². The summed E-state index contributed by atoms with van der Waals surface area (Å²) in [7, 11) is 0. The van der Waals surface area contributed by atoms with Crippen LogP contribution in [0, 0.1) is 5.92 Å². The summed E-state index contributed by atoms with van der Waals surface area (Å²) in [6.45, 7) is 6.30. The van der Waals surface area contributed by atoms with E-state index < -0.39 is 0 Å². The number of carbonyl (C=O) groups is 1. The van der Waals surface area contributed by atoms with Gasteiger partial charge < -0.3 is 10.6 Å². The molecule has 0 fully saturated rings. The summed E-state index contributed by atoms with van der Waals surface area (Å²) in [5, 5.41) is 5.71. The van der Waals surface area contributed by atoms with Crippen molar-refractivity contribution >= 4 is 27.6 Å². The molecule has 0 heterocycles. The predicted molar refractivity (Wildman–Crippen MR) is 75.2 cm³/mol. The number of anilines is 1. The zero-order chi connectivity index (χ0) is 12.8. The van der Waals surface area contributed by atoms with Crippen LogP contribution in [0.3, 0.4) is 0 Å². The van der Waals surface area contributed by atoms with Crippen LogP contribution in [0.4, 0.5) is 10.5 Å². The van der Waals surface area contributed by atoms with E-state index in [0.29, 0.717) is 5.92 Å². The van der Waals surface area contributed by atoms with Crippen LogP contribution in [0.2, 0.25) is 0 Å². The molecular weight excluding hydrogens is 280 g/mol. The fourth-order valence-electron chi connectivity index (χ4n) is 1.69. The first-order valence-electron chi connectivity index (χ1n) is 5.80. The molecule has 0 aliphatic rings. The van der Waals surface area contributed by atoms with Gasteiger partial charge in [-0.25, -0.2) is 4.79 Å². The van der Waals surface area contributed by atoms with Crippen LogP contribution >= 0.6 is 15.9 Å². The third-order valence-corrected chi connectivity index (χ3v) is 2.83. The van der Waals surface area contributed by atoms with E-state index in [1.165, 1.54) is 0 Å². The number of halogens is 1. The fourth-order valence-corrected chi connectivity index (χ4v) is 1.95. The SMILES string of the molecule is CC(C)CC(C)NC(=O)Nc1ccc(Br)cc1. The summed E-state index contributed by atoms with van der Waals surface area (Å²) in [5.74, 6) is 0.581. The second-order valence-electron chi connectivity index (χ2n) is 4.64. The van der Waals surface area contributed by atoms with Crippen molar-refractivity contribution < 1.29 is 4.79 Å². The summed E-state index contributed by atoms with van der Waals surface area (Å²) < 4.78 is 0.997. The van der Waals surface area contributed by atoms with Gasteiger partial charge in [0.15, 0.2) is 0 Å². The molecule has 0 aliphatic carbocycles. The van der Waals surface area contributed by atoms with E-state index >= 15 is 0 Å². The molecule has 4 heteroatoms. The van der Waals surface area contributed by atoms with Gasteiger partial charge in [-0.1, -0.05) is 29.8 Å². The van der Waals surface area contributed by atoms with E-state index in [1.54, 1.807) is 0 Å². The Kier molecular flexibility index (Phi) is 5.48. The Hall–Kier alpha value is -1.03. The lowest BCUT2D eigenvalue weighted by molar-refractivity contribution is 0.247. The number of urea groups is 1. The second kappa shape index (κ2) is 6.64. The van der Waals surface area contributed by atoms with Gasteiger partial charge in [0.2, 0.25) is 0 Å². The molecular formula is C13H19BrN2O. The number of rotatable bonds is 4. The highest BCUT2D eigenvalue weighted by Crippen LogP contribution is 2.14. The van der Waals surface area contributed by atoms with Crippen LogP contribution in [0.5, 0.6) is 0 Å². The maximum atomic E-state index is 11.7. The highest BCUT2D eigenvalue weighted by molar-refractivity contribution is 9.10. The lowest BCUT2D eigenvalue weighted by Crippen LogP contribution is -2.36. The second-order valence-corrected chi connectivity index (χ2v) is 5.55. The molecule has 3 nitrogen and oxygen atoms in total. The normalized spacial score (nSPS) is 12.3. The predicted octanol–water partition coefficient (Wildman–Crippen LogP) is 4.01. The topological polar surface area (TPSA) is 41.1 Å². The number of carbonyl (C=O) groups excluding carboxylic acids is 1. The summed E-state index contributed by atoms with van der Waals surface area (Å²) in [6, 6.07) is 7.54. The van der Waals surface area contributed by atoms with E-state index in [1.807, 2.05) is 31.2 Å². The summed E-state index contributed by atoms with van der Waals surface area (Å²) in [6.07, 6.45) is 0.980. The fraction of sp³-hybridized carbons (Fsp3) is 0.462. The lowest BCUT2D eigenvalue weighted by Gasteiger charge is -2.16. The minimum atomic E-state index is -0.152. The Balaban J connectivity index is 2.41. The van der Waals surface area contributed by atoms with Crippen molar-refractivity contribution in [2.24, 2.45) is 5.92 Å². The van der Waals surface area contributed by atoms with Gasteiger partial charge in [-0.05, 0) is 43.5 Å². The van der Waals surface area contributed by atoms with E-state index in [4.69, 9.17) is 0 Å². The summed E-state index contributed by atoms with van der Waals surface area (Å²) in [4.78, 5) is 11.7. The number of benzene rings is 1. The Labute approximate surface area is 111 Å². The third-order valence-electron chi connectivity index (χ3n) is 2.30. The third kappa shape index (κ3) is 5.73. The highest BCUT2D eigenvalue weighted by Gasteiger charge is 2.08. The molecule has 1 atom stereocenters. The molecule has 1 rings (SSSR count). The first kappa shape index (κ1) is 14.0. The molecule has 2 N–H and O–H groups in total. The average Bonchev–Trinajstić information content (AvgIpc) is 2.19. The van der Waals surface area contributed by atoms with E-state index in [9.17, 15) is 4.79 Å².